The molecule has 2 amide bonds. The van der Waals surface area contributed by atoms with E-state index in [0.717, 1.165) is 0 Å². The molecule has 2 N–H and O–H groups in total. The van der Waals surface area contributed by atoms with Gasteiger partial charge in [0, 0.05) is 28.5 Å². The lowest BCUT2D eigenvalue weighted by molar-refractivity contribution is -0.384. The summed E-state index contributed by atoms with van der Waals surface area (Å²) in [6.45, 7) is 1.79. The molecule has 0 heterocycles. The van der Waals surface area contributed by atoms with E-state index in [1.54, 1.807) is 49.4 Å². The first-order valence-corrected chi connectivity index (χ1v) is 11.3. The minimum Gasteiger partial charge on any atom is -0.490 e. The third-order valence-electron chi connectivity index (χ3n) is 4.75. The highest BCUT2D eigenvalue weighted by atomic mass is 35.5. The fourth-order valence-electron chi connectivity index (χ4n) is 3.09. The van der Waals surface area contributed by atoms with E-state index >= 15 is 0 Å². The van der Waals surface area contributed by atoms with Crippen LogP contribution in [0.5, 0.6) is 11.5 Å². The number of nitriles is 1. The summed E-state index contributed by atoms with van der Waals surface area (Å²) in [5, 5.41) is 26.1. The Kier molecular flexibility index (Phi) is 9.18. The van der Waals surface area contributed by atoms with Gasteiger partial charge < -0.3 is 20.1 Å². The van der Waals surface area contributed by atoms with E-state index in [1.807, 2.05) is 6.07 Å². The topological polar surface area (TPSA) is 144 Å². The van der Waals surface area contributed by atoms with Crippen molar-refractivity contribution < 1.29 is 24.0 Å². The number of nitro groups is 1. The highest BCUT2D eigenvalue weighted by molar-refractivity contribution is 6.30. The number of nitro benzene ring substituents is 1. The van der Waals surface area contributed by atoms with Gasteiger partial charge in [0.05, 0.1) is 11.5 Å². The van der Waals surface area contributed by atoms with Crippen molar-refractivity contribution in [3.8, 4) is 17.6 Å². The van der Waals surface area contributed by atoms with Crippen molar-refractivity contribution in [1.82, 2.24) is 0 Å². The van der Waals surface area contributed by atoms with Gasteiger partial charge in [-0.3, -0.25) is 19.7 Å². The van der Waals surface area contributed by atoms with Crippen LogP contribution in [0.3, 0.4) is 0 Å². The lowest BCUT2D eigenvalue weighted by atomic mass is 10.1. The number of nitrogens with zero attached hydrogens (tertiary/aromatic N) is 2. The van der Waals surface area contributed by atoms with Crippen molar-refractivity contribution in [2.45, 2.75) is 6.92 Å². The zero-order chi connectivity index (χ0) is 26.8. The van der Waals surface area contributed by atoms with Crippen molar-refractivity contribution >= 4 is 46.6 Å². The first-order valence-electron chi connectivity index (χ1n) is 10.9. The molecule has 3 rings (SSSR count). The van der Waals surface area contributed by atoms with Crippen molar-refractivity contribution in [1.29, 1.82) is 5.26 Å². The number of ether oxygens (including phenoxy) is 2. The van der Waals surface area contributed by atoms with Crippen LogP contribution in [0.2, 0.25) is 5.02 Å². The maximum atomic E-state index is 12.6. The van der Waals surface area contributed by atoms with Gasteiger partial charge >= 0.3 is 0 Å². The molecule has 0 atom stereocenters. The lowest BCUT2D eigenvalue weighted by Crippen LogP contribution is -2.20. The molecule has 0 aliphatic heterocycles. The second-order valence-electron chi connectivity index (χ2n) is 7.41. The fourth-order valence-corrected chi connectivity index (χ4v) is 3.21. The van der Waals surface area contributed by atoms with Gasteiger partial charge in [-0.05, 0) is 61.0 Å². The van der Waals surface area contributed by atoms with Gasteiger partial charge in [0.1, 0.15) is 11.6 Å². The molecule has 11 heteroatoms. The second kappa shape index (κ2) is 12.7. The maximum Gasteiger partial charge on any atom is 0.271 e. The normalized spacial score (nSPS) is 10.7. The zero-order valence-electron chi connectivity index (χ0n) is 19.6. The molecule has 0 aliphatic rings. The largest absolute Gasteiger partial charge is 0.490 e. The highest BCUT2D eigenvalue weighted by Crippen LogP contribution is 2.30. The van der Waals surface area contributed by atoms with Crippen molar-refractivity contribution in [3.05, 3.63) is 93.0 Å². The van der Waals surface area contributed by atoms with Crippen molar-refractivity contribution in [2.75, 3.05) is 23.8 Å². The smallest absolute Gasteiger partial charge is 0.271 e. The van der Waals surface area contributed by atoms with Crippen LogP contribution in [0.25, 0.3) is 6.08 Å². The van der Waals surface area contributed by atoms with Gasteiger partial charge in [-0.1, -0.05) is 23.7 Å². The molecule has 3 aromatic carbocycles. The summed E-state index contributed by atoms with van der Waals surface area (Å²) < 4.78 is 11.2. The lowest BCUT2D eigenvalue weighted by Gasteiger charge is -2.13. The van der Waals surface area contributed by atoms with Crippen LogP contribution in [-0.2, 0) is 9.59 Å². The van der Waals surface area contributed by atoms with E-state index in [0.29, 0.717) is 34.4 Å². The van der Waals surface area contributed by atoms with Crippen molar-refractivity contribution in [3.63, 3.8) is 0 Å². The molecule has 10 nitrogen and oxygen atoms in total. The van der Waals surface area contributed by atoms with E-state index in [-0.39, 0.29) is 23.6 Å². The molecular formula is C26H21ClN4O6. The molecular weight excluding hydrogens is 500 g/mol. The predicted molar refractivity (Wildman–Crippen MR) is 139 cm³/mol. The number of carbonyl (C=O) groups excluding carboxylic acids is 2. The number of amides is 2. The van der Waals surface area contributed by atoms with E-state index in [4.69, 9.17) is 21.1 Å². The van der Waals surface area contributed by atoms with Gasteiger partial charge in [-0.15, -0.1) is 0 Å². The van der Waals surface area contributed by atoms with Gasteiger partial charge in [-0.25, -0.2) is 0 Å². The summed E-state index contributed by atoms with van der Waals surface area (Å²) in [5.74, 6) is -0.518. The monoisotopic (exact) mass is 520 g/mol. The Morgan fingerprint density at radius 3 is 2.46 bits per heavy atom. The molecule has 0 bridgehead atoms. The highest BCUT2D eigenvalue weighted by Gasteiger charge is 2.14. The molecule has 0 radical (unpaired) electrons. The first-order chi connectivity index (χ1) is 17.8. The second-order valence-corrected chi connectivity index (χ2v) is 7.85. The maximum absolute atomic E-state index is 12.6. The van der Waals surface area contributed by atoms with Gasteiger partial charge in [0.15, 0.2) is 18.1 Å². The van der Waals surface area contributed by atoms with Gasteiger partial charge in [0.2, 0.25) is 0 Å². The first kappa shape index (κ1) is 26.7. The SMILES string of the molecule is CCOc1cc(/C=C(\C#N)C(=O)Nc2cccc([N+](=O)[O-])c2)ccc1OCC(=O)Nc1ccc(Cl)cc1. The molecule has 0 saturated heterocycles. The van der Waals surface area contributed by atoms with Crippen molar-refractivity contribution in [2.24, 2.45) is 0 Å². The Balaban J connectivity index is 1.71. The molecule has 0 fully saturated rings. The van der Waals surface area contributed by atoms with Crippen LogP contribution < -0.4 is 20.1 Å². The van der Waals surface area contributed by atoms with Gasteiger partial charge in [0.25, 0.3) is 17.5 Å². The summed E-state index contributed by atoms with van der Waals surface area (Å²) in [5.41, 5.74) is 0.781. The van der Waals surface area contributed by atoms with Crippen LogP contribution in [0, 0.1) is 21.4 Å². The number of rotatable bonds is 10. The average molecular weight is 521 g/mol. The van der Waals surface area contributed by atoms with E-state index in [2.05, 4.69) is 10.6 Å². The number of halogens is 1. The molecule has 3 aromatic rings. The van der Waals surface area contributed by atoms with Crippen LogP contribution in [-0.4, -0.2) is 30.0 Å². The summed E-state index contributed by atoms with van der Waals surface area (Å²) in [6, 6.07) is 18.5. The number of hydrogen-bond donors (Lipinski definition) is 2. The Labute approximate surface area is 217 Å². The van der Waals surface area contributed by atoms with E-state index < -0.39 is 16.7 Å². The average Bonchev–Trinajstić information content (AvgIpc) is 2.88. The standard InChI is InChI=1S/C26H21ClN4O6/c1-2-36-24-13-17(6-11-23(24)37-16-25(32)29-20-9-7-19(27)8-10-20)12-18(15-28)26(33)30-21-4-3-5-22(14-21)31(34)35/h3-14H,2,16H2,1H3,(H,29,32)(H,30,33)/b18-12+. The predicted octanol–water partition coefficient (Wildman–Crippen LogP) is 5.21. The van der Waals surface area contributed by atoms with E-state index in [9.17, 15) is 25.0 Å². The molecule has 0 saturated carbocycles. The van der Waals surface area contributed by atoms with Crippen LogP contribution in [0.4, 0.5) is 17.1 Å². The molecule has 0 spiro atoms. The Bertz CT molecular complexity index is 1380. The third kappa shape index (κ3) is 7.81. The van der Waals surface area contributed by atoms with E-state index in [1.165, 1.54) is 30.3 Å². The molecule has 0 aromatic heterocycles. The third-order valence-corrected chi connectivity index (χ3v) is 5.00. The summed E-state index contributed by atoms with van der Waals surface area (Å²) in [7, 11) is 0. The molecule has 37 heavy (non-hydrogen) atoms. The number of hydrogen-bond acceptors (Lipinski definition) is 7. The Morgan fingerprint density at radius 2 is 1.78 bits per heavy atom. The molecule has 188 valence electrons. The number of benzene rings is 3. The Morgan fingerprint density at radius 1 is 1.03 bits per heavy atom. The van der Waals surface area contributed by atoms with Crippen LogP contribution >= 0.6 is 11.6 Å². The summed E-state index contributed by atoms with van der Waals surface area (Å²) in [4.78, 5) is 35.2. The number of anilines is 2. The number of non-ortho nitro benzene ring substituents is 1. The van der Waals surface area contributed by atoms with Crippen LogP contribution in [0.15, 0.2) is 72.3 Å². The molecule has 0 aliphatic carbocycles. The number of carbonyl (C=O) groups is 2. The fraction of sp³-hybridized carbons (Fsp3) is 0.115. The minimum absolute atomic E-state index is 0.177. The van der Waals surface area contributed by atoms with Gasteiger partial charge in [-0.2, -0.15) is 5.26 Å². The van der Waals surface area contributed by atoms with Crippen LogP contribution in [0.1, 0.15) is 12.5 Å². The number of nitrogens with one attached hydrogen (secondary N) is 2. The molecule has 0 unspecified atom stereocenters. The minimum atomic E-state index is -0.736. The summed E-state index contributed by atoms with van der Waals surface area (Å²) >= 11 is 5.84. The summed E-state index contributed by atoms with van der Waals surface area (Å²) in [6.07, 6.45) is 1.34. The zero-order valence-corrected chi connectivity index (χ0v) is 20.3. The quantitative estimate of drug-likeness (QED) is 0.161. The Hall–Kier alpha value is -4.88.